The van der Waals surface area contributed by atoms with Crippen molar-refractivity contribution in [2.45, 2.75) is 12.3 Å². The molecule has 0 saturated carbocycles. The van der Waals surface area contributed by atoms with E-state index >= 15 is 0 Å². The molecular formula is C12H12N2O2S. The van der Waals surface area contributed by atoms with Crippen LogP contribution in [0.1, 0.15) is 28.5 Å². The normalized spacial score (nSPS) is 19.9. The number of aromatic nitrogens is 2. The van der Waals surface area contributed by atoms with Gasteiger partial charge in [0.2, 0.25) is 0 Å². The summed E-state index contributed by atoms with van der Waals surface area (Å²) < 4.78 is 0. The van der Waals surface area contributed by atoms with Crippen LogP contribution in [-0.2, 0) is 0 Å². The van der Waals surface area contributed by atoms with Gasteiger partial charge in [-0.2, -0.15) is 11.8 Å². The number of aromatic amines is 1. The van der Waals surface area contributed by atoms with Crippen LogP contribution in [0.5, 0.6) is 0 Å². The number of carboxylic acid groups (broad SMARTS) is 1. The number of carbonyl (C=O) groups is 1. The lowest BCUT2D eigenvalue weighted by Crippen LogP contribution is -1.98. The smallest absolute Gasteiger partial charge is 0.335 e. The average Bonchev–Trinajstić information content (AvgIpc) is 2.96. The molecule has 0 amide bonds. The summed E-state index contributed by atoms with van der Waals surface area (Å²) in [6, 6.07) is 5.01. The molecule has 1 aliphatic rings. The highest BCUT2D eigenvalue weighted by atomic mass is 32.2. The van der Waals surface area contributed by atoms with Crippen molar-refractivity contribution in [3.8, 4) is 0 Å². The predicted molar refractivity (Wildman–Crippen MR) is 67.7 cm³/mol. The first-order valence-electron chi connectivity index (χ1n) is 5.55. The molecule has 2 aromatic rings. The van der Waals surface area contributed by atoms with Crippen molar-refractivity contribution in [3.63, 3.8) is 0 Å². The number of hydrogen-bond acceptors (Lipinski definition) is 3. The molecule has 0 spiro atoms. The SMILES string of the molecule is O=C(O)c1ccc2nc(C3CCSC3)[nH]c2c1. The van der Waals surface area contributed by atoms with E-state index in [1.807, 2.05) is 11.8 Å². The highest BCUT2D eigenvalue weighted by Crippen LogP contribution is 2.31. The van der Waals surface area contributed by atoms with Crippen molar-refractivity contribution in [1.29, 1.82) is 0 Å². The van der Waals surface area contributed by atoms with Crippen molar-refractivity contribution in [1.82, 2.24) is 9.97 Å². The number of benzene rings is 1. The number of nitrogens with one attached hydrogen (secondary N) is 1. The minimum Gasteiger partial charge on any atom is -0.478 e. The van der Waals surface area contributed by atoms with Gasteiger partial charge in [-0.05, 0) is 30.4 Å². The lowest BCUT2D eigenvalue weighted by atomic mass is 10.1. The molecular weight excluding hydrogens is 236 g/mol. The number of H-pyrrole nitrogens is 1. The lowest BCUT2D eigenvalue weighted by Gasteiger charge is -2.01. The van der Waals surface area contributed by atoms with Gasteiger partial charge in [-0.1, -0.05) is 0 Å². The Morgan fingerprint density at radius 3 is 3.12 bits per heavy atom. The summed E-state index contributed by atoms with van der Waals surface area (Å²) in [5, 5.41) is 8.92. The first-order chi connectivity index (χ1) is 8.24. The molecule has 5 heteroatoms. The standard InChI is InChI=1S/C12H12N2O2S/c15-12(16)7-1-2-9-10(5-7)14-11(13-9)8-3-4-17-6-8/h1-2,5,8H,3-4,6H2,(H,13,14)(H,15,16). The molecule has 3 rings (SSSR count). The van der Waals surface area contributed by atoms with Gasteiger partial charge in [0.25, 0.3) is 0 Å². The van der Waals surface area contributed by atoms with Crippen molar-refractivity contribution in [3.05, 3.63) is 29.6 Å². The Balaban J connectivity index is 2.03. The number of nitrogens with zero attached hydrogens (tertiary/aromatic N) is 1. The zero-order chi connectivity index (χ0) is 11.8. The molecule has 1 unspecified atom stereocenters. The Morgan fingerprint density at radius 1 is 1.53 bits per heavy atom. The number of aromatic carboxylic acids is 1. The molecule has 0 bridgehead atoms. The highest BCUT2D eigenvalue weighted by molar-refractivity contribution is 7.99. The third kappa shape index (κ3) is 1.91. The van der Waals surface area contributed by atoms with Crippen LogP contribution in [0.25, 0.3) is 11.0 Å². The van der Waals surface area contributed by atoms with Crippen molar-refractivity contribution in [2.24, 2.45) is 0 Å². The number of hydrogen-bond donors (Lipinski definition) is 2. The van der Waals surface area contributed by atoms with E-state index in [-0.39, 0.29) is 0 Å². The lowest BCUT2D eigenvalue weighted by molar-refractivity contribution is 0.0697. The Labute approximate surface area is 102 Å². The van der Waals surface area contributed by atoms with Crippen LogP contribution in [0.2, 0.25) is 0 Å². The minimum atomic E-state index is -0.903. The van der Waals surface area contributed by atoms with E-state index in [0.717, 1.165) is 29.0 Å². The third-order valence-electron chi connectivity index (χ3n) is 3.06. The number of thioether (sulfide) groups is 1. The van der Waals surface area contributed by atoms with Gasteiger partial charge in [0.1, 0.15) is 5.82 Å². The van der Waals surface area contributed by atoms with Gasteiger partial charge in [-0.3, -0.25) is 0 Å². The van der Waals surface area contributed by atoms with Crippen molar-refractivity contribution >= 4 is 28.8 Å². The summed E-state index contributed by atoms with van der Waals surface area (Å²) in [6.45, 7) is 0. The van der Waals surface area contributed by atoms with Gasteiger partial charge in [0, 0.05) is 11.7 Å². The minimum absolute atomic E-state index is 0.300. The Kier molecular flexibility index (Phi) is 2.55. The summed E-state index contributed by atoms with van der Waals surface area (Å²) in [6.07, 6.45) is 1.15. The fourth-order valence-electron chi connectivity index (χ4n) is 2.11. The predicted octanol–water partition coefficient (Wildman–Crippen LogP) is 2.48. The number of carboxylic acids is 1. The van der Waals surface area contributed by atoms with E-state index in [0.29, 0.717) is 11.5 Å². The van der Waals surface area contributed by atoms with Crippen molar-refractivity contribution in [2.75, 3.05) is 11.5 Å². The number of fused-ring (bicyclic) bond motifs is 1. The van der Waals surface area contributed by atoms with Gasteiger partial charge in [0.05, 0.1) is 16.6 Å². The Morgan fingerprint density at radius 2 is 2.41 bits per heavy atom. The molecule has 88 valence electrons. The molecule has 1 aromatic heterocycles. The monoisotopic (exact) mass is 248 g/mol. The fraction of sp³-hybridized carbons (Fsp3) is 0.333. The van der Waals surface area contributed by atoms with E-state index < -0.39 is 5.97 Å². The Bertz CT molecular complexity index is 573. The maximum absolute atomic E-state index is 10.9. The van der Waals surface area contributed by atoms with E-state index in [9.17, 15) is 4.79 Å². The van der Waals surface area contributed by atoms with Gasteiger partial charge < -0.3 is 10.1 Å². The highest BCUT2D eigenvalue weighted by Gasteiger charge is 2.20. The summed E-state index contributed by atoms with van der Waals surface area (Å²) in [7, 11) is 0. The maximum atomic E-state index is 10.9. The molecule has 1 saturated heterocycles. The van der Waals surface area contributed by atoms with Crippen LogP contribution in [0.15, 0.2) is 18.2 Å². The molecule has 1 aliphatic heterocycles. The second-order valence-electron chi connectivity index (χ2n) is 4.22. The largest absolute Gasteiger partial charge is 0.478 e. The van der Waals surface area contributed by atoms with Gasteiger partial charge in [0.15, 0.2) is 0 Å². The van der Waals surface area contributed by atoms with Gasteiger partial charge in [-0.25, -0.2) is 9.78 Å². The van der Waals surface area contributed by atoms with E-state index in [4.69, 9.17) is 5.11 Å². The van der Waals surface area contributed by atoms with Crippen LogP contribution < -0.4 is 0 Å². The molecule has 0 aliphatic carbocycles. The fourth-order valence-corrected chi connectivity index (χ4v) is 3.33. The van der Waals surface area contributed by atoms with Crippen LogP contribution in [0.3, 0.4) is 0 Å². The maximum Gasteiger partial charge on any atom is 0.335 e. The summed E-state index contributed by atoms with van der Waals surface area (Å²) in [4.78, 5) is 18.6. The Hall–Kier alpha value is -1.49. The second kappa shape index (κ2) is 4.07. The molecule has 2 N–H and O–H groups in total. The van der Waals surface area contributed by atoms with Crippen LogP contribution >= 0.6 is 11.8 Å². The van der Waals surface area contributed by atoms with E-state index in [1.165, 1.54) is 5.75 Å². The first-order valence-corrected chi connectivity index (χ1v) is 6.70. The summed E-state index contributed by atoms with van der Waals surface area (Å²) in [5.41, 5.74) is 1.96. The van der Waals surface area contributed by atoms with Crippen LogP contribution in [0, 0.1) is 0 Å². The molecule has 1 aromatic carbocycles. The van der Waals surface area contributed by atoms with Gasteiger partial charge >= 0.3 is 5.97 Å². The molecule has 1 atom stereocenters. The molecule has 1 fully saturated rings. The quantitative estimate of drug-likeness (QED) is 0.857. The topological polar surface area (TPSA) is 66.0 Å². The average molecular weight is 248 g/mol. The number of rotatable bonds is 2. The molecule has 0 radical (unpaired) electrons. The summed E-state index contributed by atoms with van der Waals surface area (Å²) in [5.74, 6) is 2.86. The molecule has 17 heavy (non-hydrogen) atoms. The van der Waals surface area contributed by atoms with E-state index in [2.05, 4.69) is 9.97 Å². The first kappa shape index (κ1) is 10.7. The van der Waals surface area contributed by atoms with Crippen LogP contribution in [-0.4, -0.2) is 32.5 Å². The zero-order valence-corrected chi connectivity index (χ0v) is 9.96. The van der Waals surface area contributed by atoms with Crippen molar-refractivity contribution < 1.29 is 9.90 Å². The molecule has 4 nitrogen and oxygen atoms in total. The number of imidazole rings is 1. The zero-order valence-electron chi connectivity index (χ0n) is 9.14. The third-order valence-corrected chi connectivity index (χ3v) is 4.23. The van der Waals surface area contributed by atoms with Gasteiger partial charge in [-0.15, -0.1) is 0 Å². The summed E-state index contributed by atoms with van der Waals surface area (Å²) >= 11 is 1.94. The van der Waals surface area contributed by atoms with Crippen LogP contribution in [0.4, 0.5) is 0 Å². The van der Waals surface area contributed by atoms with E-state index in [1.54, 1.807) is 18.2 Å². The molecule has 2 heterocycles. The second-order valence-corrected chi connectivity index (χ2v) is 5.37.